The number of hydrogen-bond acceptors (Lipinski definition) is 3. The lowest BCUT2D eigenvalue weighted by molar-refractivity contribution is -0.141. The Hall–Kier alpha value is -2.57. The first kappa shape index (κ1) is 14.8. The number of nitrogens with one attached hydrogen (secondary N) is 1. The monoisotopic (exact) mass is 295 g/mol. The molecule has 110 valence electrons. The maximum absolute atomic E-state index is 12.4. The first-order valence-corrected chi connectivity index (χ1v) is 5.98. The highest BCUT2D eigenvalue weighted by molar-refractivity contribution is 6.04. The number of aromatic nitrogens is 1. The number of amides is 1. The van der Waals surface area contributed by atoms with Crippen molar-refractivity contribution in [1.82, 2.24) is 4.98 Å². The van der Waals surface area contributed by atoms with E-state index >= 15 is 0 Å². The highest BCUT2D eigenvalue weighted by Gasteiger charge is 2.32. The zero-order valence-electron chi connectivity index (χ0n) is 11.0. The van der Waals surface area contributed by atoms with Crippen LogP contribution in [0.15, 0.2) is 36.5 Å². The van der Waals surface area contributed by atoms with Crippen LogP contribution in [0.2, 0.25) is 0 Å². The lowest BCUT2D eigenvalue weighted by atomic mass is 10.1. The molecule has 0 aliphatic rings. The Kier molecular flexibility index (Phi) is 3.84. The maximum Gasteiger partial charge on any atom is 0.433 e. The Morgan fingerprint density at radius 3 is 2.48 bits per heavy atom. The largest absolute Gasteiger partial charge is 0.433 e. The van der Waals surface area contributed by atoms with E-state index in [9.17, 15) is 18.0 Å². The molecule has 0 bridgehead atoms. The molecular weight excluding hydrogens is 283 g/mol. The van der Waals surface area contributed by atoms with Gasteiger partial charge in [0.15, 0.2) is 0 Å². The number of carbonyl (C=O) groups excluding carboxylic acids is 1. The van der Waals surface area contributed by atoms with E-state index < -0.39 is 17.8 Å². The molecule has 2 aromatic rings. The summed E-state index contributed by atoms with van der Waals surface area (Å²) in [7, 11) is 0. The van der Waals surface area contributed by atoms with Gasteiger partial charge in [0, 0.05) is 11.3 Å². The van der Waals surface area contributed by atoms with E-state index in [1.165, 1.54) is 6.07 Å². The predicted octanol–water partition coefficient (Wildman–Crippen LogP) is 3.24. The molecule has 0 radical (unpaired) electrons. The van der Waals surface area contributed by atoms with Gasteiger partial charge in [0.2, 0.25) is 0 Å². The molecule has 0 fully saturated rings. The molecule has 0 saturated heterocycles. The van der Waals surface area contributed by atoms with Crippen LogP contribution in [0.4, 0.5) is 24.5 Å². The van der Waals surface area contributed by atoms with Gasteiger partial charge in [-0.2, -0.15) is 13.2 Å². The van der Waals surface area contributed by atoms with E-state index in [1.54, 1.807) is 19.1 Å². The van der Waals surface area contributed by atoms with E-state index in [0.29, 0.717) is 11.3 Å². The summed E-state index contributed by atoms with van der Waals surface area (Å²) in [6, 6.07) is 6.72. The predicted molar refractivity (Wildman–Crippen MR) is 72.8 cm³/mol. The van der Waals surface area contributed by atoms with Crippen molar-refractivity contribution in [3.63, 3.8) is 0 Å². The highest BCUT2D eigenvalue weighted by Crippen LogP contribution is 2.27. The van der Waals surface area contributed by atoms with Crippen LogP contribution in [0.25, 0.3) is 0 Å². The fourth-order valence-corrected chi connectivity index (χ4v) is 1.62. The van der Waals surface area contributed by atoms with Gasteiger partial charge in [-0.3, -0.25) is 4.79 Å². The molecule has 2 rings (SSSR count). The number of benzene rings is 1. The van der Waals surface area contributed by atoms with Crippen LogP contribution >= 0.6 is 0 Å². The second kappa shape index (κ2) is 5.43. The van der Waals surface area contributed by atoms with Gasteiger partial charge in [0.1, 0.15) is 5.69 Å². The number of carbonyl (C=O) groups is 1. The van der Waals surface area contributed by atoms with Crippen molar-refractivity contribution in [2.75, 3.05) is 11.1 Å². The summed E-state index contributed by atoms with van der Waals surface area (Å²) in [6.45, 7) is 1.80. The van der Waals surface area contributed by atoms with Crippen LogP contribution in [-0.4, -0.2) is 10.9 Å². The number of alkyl halides is 3. The molecule has 1 aromatic carbocycles. The zero-order chi connectivity index (χ0) is 15.6. The standard InChI is InChI=1S/C14H12F3N3O/c1-8-2-3-9(6-11(8)18)13(21)20-10-4-5-12(19-7-10)14(15,16)17/h2-7H,18H2,1H3,(H,20,21). The first-order valence-electron chi connectivity index (χ1n) is 5.98. The number of rotatable bonds is 2. The quantitative estimate of drug-likeness (QED) is 0.836. The maximum atomic E-state index is 12.4. The molecule has 4 nitrogen and oxygen atoms in total. The number of halogens is 3. The van der Waals surface area contributed by atoms with E-state index in [-0.39, 0.29) is 5.69 Å². The fourth-order valence-electron chi connectivity index (χ4n) is 1.62. The van der Waals surface area contributed by atoms with Crippen molar-refractivity contribution in [1.29, 1.82) is 0 Å². The van der Waals surface area contributed by atoms with Crippen LogP contribution in [0.3, 0.4) is 0 Å². The third kappa shape index (κ3) is 3.50. The molecule has 1 aromatic heterocycles. The van der Waals surface area contributed by atoms with Crippen molar-refractivity contribution in [2.45, 2.75) is 13.1 Å². The van der Waals surface area contributed by atoms with Crippen molar-refractivity contribution >= 4 is 17.3 Å². The van der Waals surface area contributed by atoms with E-state index in [2.05, 4.69) is 10.3 Å². The van der Waals surface area contributed by atoms with Crippen molar-refractivity contribution < 1.29 is 18.0 Å². The zero-order valence-corrected chi connectivity index (χ0v) is 11.0. The van der Waals surface area contributed by atoms with E-state index in [1.807, 2.05) is 0 Å². The van der Waals surface area contributed by atoms with Crippen LogP contribution in [0.5, 0.6) is 0 Å². The van der Waals surface area contributed by atoms with E-state index in [0.717, 1.165) is 23.9 Å². The lowest BCUT2D eigenvalue weighted by Gasteiger charge is -2.09. The number of nitrogens with zero attached hydrogens (tertiary/aromatic N) is 1. The molecule has 0 atom stereocenters. The highest BCUT2D eigenvalue weighted by atomic mass is 19.4. The number of nitrogens with two attached hydrogens (primary N) is 1. The summed E-state index contributed by atoms with van der Waals surface area (Å²) in [5.41, 5.74) is 6.48. The summed E-state index contributed by atoms with van der Waals surface area (Å²) >= 11 is 0. The normalized spacial score (nSPS) is 11.2. The van der Waals surface area contributed by atoms with Crippen LogP contribution in [-0.2, 0) is 6.18 Å². The summed E-state index contributed by atoms with van der Waals surface area (Å²) in [5.74, 6) is -0.469. The molecule has 0 unspecified atom stereocenters. The molecular formula is C14H12F3N3O. The SMILES string of the molecule is Cc1ccc(C(=O)Nc2ccc(C(F)(F)F)nc2)cc1N. The molecule has 0 aliphatic carbocycles. The second-order valence-electron chi connectivity index (χ2n) is 4.46. The molecule has 1 amide bonds. The van der Waals surface area contributed by atoms with Crippen molar-refractivity contribution in [3.8, 4) is 0 Å². The van der Waals surface area contributed by atoms with Crippen molar-refractivity contribution in [2.24, 2.45) is 0 Å². The Morgan fingerprint density at radius 1 is 1.24 bits per heavy atom. The first-order chi connectivity index (χ1) is 9.77. The van der Waals surface area contributed by atoms with Gasteiger partial charge >= 0.3 is 6.18 Å². The molecule has 3 N–H and O–H groups in total. The van der Waals surface area contributed by atoms with Crippen LogP contribution in [0.1, 0.15) is 21.6 Å². The van der Waals surface area contributed by atoms with Gasteiger partial charge in [-0.05, 0) is 36.8 Å². The minimum Gasteiger partial charge on any atom is -0.398 e. The fraction of sp³-hybridized carbons (Fsp3) is 0.143. The van der Waals surface area contributed by atoms with Crippen molar-refractivity contribution in [3.05, 3.63) is 53.3 Å². The lowest BCUT2D eigenvalue weighted by Crippen LogP contribution is -2.13. The second-order valence-corrected chi connectivity index (χ2v) is 4.46. The molecule has 0 saturated carbocycles. The van der Waals surface area contributed by atoms with E-state index in [4.69, 9.17) is 5.73 Å². The van der Waals surface area contributed by atoms with Gasteiger partial charge in [0.25, 0.3) is 5.91 Å². The molecule has 7 heteroatoms. The summed E-state index contributed by atoms with van der Waals surface area (Å²) in [5, 5.41) is 2.46. The van der Waals surface area contributed by atoms with Gasteiger partial charge in [0.05, 0.1) is 11.9 Å². The topological polar surface area (TPSA) is 68.0 Å². The Morgan fingerprint density at radius 2 is 1.95 bits per heavy atom. The summed E-state index contributed by atoms with van der Waals surface area (Å²) in [4.78, 5) is 15.2. The Balaban J connectivity index is 2.14. The average Bonchev–Trinajstić information content (AvgIpc) is 2.41. The third-order valence-electron chi connectivity index (χ3n) is 2.85. The van der Waals surface area contributed by atoms with Gasteiger partial charge in [-0.1, -0.05) is 6.07 Å². The average molecular weight is 295 g/mol. The third-order valence-corrected chi connectivity index (χ3v) is 2.85. The van der Waals surface area contributed by atoms with Gasteiger partial charge in [-0.25, -0.2) is 4.98 Å². The Labute approximate surface area is 118 Å². The van der Waals surface area contributed by atoms with Crippen LogP contribution < -0.4 is 11.1 Å². The minimum atomic E-state index is -4.51. The molecule has 0 spiro atoms. The smallest absolute Gasteiger partial charge is 0.398 e. The Bertz CT molecular complexity index is 666. The molecule has 21 heavy (non-hydrogen) atoms. The van der Waals surface area contributed by atoms with Gasteiger partial charge in [-0.15, -0.1) is 0 Å². The minimum absolute atomic E-state index is 0.173. The van der Waals surface area contributed by atoms with Gasteiger partial charge < -0.3 is 11.1 Å². The summed E-state index contributed by atoms with van der Waals surface area (Å²) in [6.07, 6.45) is -3.55. The summed E-state index contributed by atoms with van der Waals surface area (Å²) < 4.78 is 37.1. The molecule has 0 aliphatic heterocycles. The number of aryl methyl sites for hydroxylation is 1. The molecule has 1 heterocycles. The van der Waals surface area contributed by atoms with Crippen LogP contribution in [0, 0.1) is 6.92 Å². The number of hydrogen-bond donors (Lipinski definition) is 2. The number of nitrogen functional groups attached to an aromatic ring is 1. The number of anilines is 2. The number of pyridine rings is 1.